The lowest BCUT2D eigenvalue weighted by Gasteiger charge is -2.42. The topological polar surface area (TPSA) is 36.9 Å². The van der Waals surface area contributed by atoms with E-state index in [9.17, 15) is 0 Å². The highest BCUT2D eigenvalue weighted by Gasteiger charge is 2.42. The van der Waals surface area contributed by atoms with Crippen LogP contribution in [0.2, 0.25) is 0 Å². The van der Waals surface area contributed by atoms with Gasteiger partial charge in [0, 0.05) is 6.42 Å². The van der Waals surface area contributed by atoms with Crippen molar-refractivity contribution in [3.8, 4) is 0 Å². The fraction of sp³-hybridized carbons (Fsp3) is 1.00. The molecular weight excluding hydrogens is 340 g/mol. The van der Waals surface area contributed by atoms with Crippen LogP contribution in [0, 0.1) is 10.8 Å². The van der Waals surface area contributed by atoms with Gasteiger partial charge in [-0.2, -0.15) is 9.78 Å². The molecule has 0 amide bonds. The summed E-state index contributed by atoms with van der Waals surface area (Å²) >= 11 is 0. The van der Waals surface area contributed by atoms with Crippen LogP contribution in [-0.2, 0) is 19.6 Å². The van der Waals surface area contributed by atoms with E-state index in [0.717, 1.165) is 19.3 Å². The van der Waals surface area contributed by atoms with Crippen molar-refractivity contribution in [3.63, 3.8) is 0 Å². The molecule has 0 saturated carbocycles. The summed E-state index contributed by atoms with van der Waals surface area (Å²) in [4.78, 5) is 23.5. The van der Waals surface area contributed by atoms with E-state index in [0.29, 0.717) is 0 Å². The number of hydrogen-bond acceptors (Lipinski definition) is 4. The van der Waals surface area contributed by atoms with Crippen LogP contribution in [0.25, 0.3) is 0 Å². The molecule has 0 aromatic rings. The Morgan fingerprint density at radius 1 is 0.481 bits per heavy atom. The normalized spacial score (nSPS) is 14.7. The summed E-state index contributed by atoms with van der Waals surface area (Å²) in [6.45, 7) is 25.1. The second-order valence-corrected chi connectivity index (χ2v) is 11.2. The molecule has 0 rings (SSSR count). The first-order valence-corrected chi connectivity index (χ1v) is 10.7. The summed E-state index contributed by atoms with van der Waals surface area (Å²) in [6.07, 6.45) is 6.61. The number of unbranched alkanes of at least 4 members (excludes halogenated alkanes) is 4. The SMILES string of the molecule is CCCCCCCC(C)(OOC(C)(C)C(C)(C)C)OOC(C)(C)C(C)(C)C. The number of rotatable bonds is 12. The highest BCUT2D eigenvalue weighted by molar-refractivity contribution is 4.83. The molecule has 0 atom stereocenters. The largest absolute Gasteiger partial charge is 0.231 e. The molecule has 164 valence electrons. The maximum absolute atomic E-state index is 5.89. The lowest BCUT2D eigenvalue weighted by molar-refractivity contribution is -0.548. The zero-order valence-corrected chi connectivity index (χ0v) is 20.4. The Morgan fingerprint density at radius 2 is 0.852 bits per heavy atom. The van der Waals surface area contributed by atoms with Gasteiger partial charge >= 0.3 is 0 Å². The van der Waals surface area contributed by atoms with E-state index in [1.807, 2.05) is 34.6 Å². The van der Waals surface area contributed by atoms with Crippen molar-refractivity contribution in [1.29, 1.82) is 0 Å². The smallest absolute Gasteiger partial charge is 0.227 e. The lowest BCUT2D eigenvalue weighted by atomic mass is 9.79. The van der Waals surface area contributed by atoms with Gasteiger partial charge in [0.25, 0.3) is 0 Å². The zero-order valence-electron chi connectivity index (χ0n) is 20.4. The third-order valence-corrected chi connectivity index (χ3v) is 6.20. The Bertz CT molecular complexity index is 383. The molecule has 0 fully saturated rings. The molecule has 0 radical (unpaired) electrons. The minimum atomic E-state index is -0.947. The molecule has 0 aliphatic rings. The van der Waals surface area contributed by atoms with Gasteiger partial charge in [0.05, 0.1) is 0 Å². The molecule has 0 aromatic heterocycles. The van der Waals surface area contributed by atoms with Gasteiger partial charge in [-0.1, -0.05) is 74.1 Å². The lowest BCUT2D eigenvalue weighted by Crippen LogP contribution is -2.46. The summed E-state index contributed by atoms with van der Waals surface area (Å²) in [5.41, 5.74) is -1.06. The predicted molar refractivity (Wildman–Crippen MR) is 113 cm³/mol. The standard InChI is InChI=1S/C23H48O4/c1-13-14-15-16-17-18-23(12,26-24-21(8,9)19(2,3)4)27-25-22(10,11)20(5,6)7/h13-18H2,1-12H3. The van der Waals surface area contributed by atoms with Crippen LogP contribution >= 0.6 is 0 Å². The van der Waals surface area contributed by atoms with Gasteiger partial charge in [-0.3, -0.25) is 0 Å². The first kappa shape index (κ1) is 26.8. The van der Waals surface area contributed by atoms with E-state index in [-0.39, 0.29) is 10.8 Å². The monoisotopic (exact) mass is 388 g/mol. The average molecular weight is 389 g/mol. The third-order valence-electron chi connectivity index (χ3n) is 6.20. The third kappa shape index (κ3) is 9.25. The fourth-order valence-electron chi connectivity index (χ4n) is 1.78. The van der Waals surface area contributed by atoms with E-state index < -0.39 is 17.0 Å². The van der Waals surface area contributed by atoms with Crippen molar-refractivity contribution in [2.45, 2.75) is 139 Å². The summed E-state index contributed by atoms with van der Waals surface area (Å²) in [7, 11) is 0. The van der Waals surface area contributed by atoms with Crippen LogP contribution in [-0.4, -0.2) is 17.0 Å². The second kappa shape index (κ2) is 10.0. The van der Waals surface area contributed by atoms with Gasteiger partial charge in [-0.05, 0) is 51.9 Å². The fourth-order valence-corrected chi connectivity index (χ4v) is 1.78. The maximum Gasteiger partial charge on any atom is 0.231 e. The summed E-state index contributed by atoms with van der Waals surface area (Å²) in [5, 5.41) is 0. The average Bonchev–Trinajstić information content (AvgIpc) is 2.49. The van der Waals surface area contributed by atoms with E-state index in [1.54, 1.807) is 0 Å². The molecule has 0 heterocycles. The molecule has 0 aliphatic heterocycles. The van der Waals surface area contributed by atoms with Gasteiger partial charge in [-0.15, -0.1) is 0 Å². The van der Waals surface area contributed by atoms with Gasteiger partial charge in [0.15, 0.2) is 0 Å². The minimum Gasteiger partial charge on any atom is -0.227 e. The summed E-state index contributed by atoms with van der Waals surface area (Å²) in [5.74, 6) is -0.947. The molecule has 0 aliphatic carbocycles. The maximum atomic E-state index is 5.89. The molecule has 0 bridgehead atoms. The molecule has 0 spiro atoms. The van der Waals surface area contributed by atoms with Gasteiger partial charge in [0.1, 0.15) is 11.2 Å². The van der Waals surface area contributed by atoms with Gasteiger partial charge in [0.2, 0.25) is 5.79 Å². The predicted octanol–water partition coefficient (Wildman–Crippen LogP) is 7.61. The Kier molecular flexibility index (Phi) is 9.99. The Balaban J connectivity index is 5.04. The Morgan fingerprint density at radius 3 is 1.19 bits per heavy atom. The van der Waals surface area contributed by atoms with E-state index in [4.69, 9.17) is 19.6 Å². The van der Waals surface area contributed by atoms with Gasteiger partial charge < -0.3 is 0 Å². The van der Waals surface area contributed by atoms with Crippen LogP contribution in [0.5, 0.6) is 0 Å². The van der Waals surface area contributed by atoms with E-state index >= 15 is 0 Å². The molecular formula is C23H48O4. The first-order chi connectivity index (χ1) is 12.0. The molecule has 27 heavy (non-hydrogen) atoms. The molecule has 0 unspecified atom stereocenters. The Labute approximate surface area is 169 Å². The van der Waals surface area contributed by atoms with Crippen LogP contribution in [0.4, 0.5) is 0 Å². The van der Waals surface area contributed by atoms with Crippen molar-refractivity contribution in [2.75, 3.05) is 0 Å². The second-order valence-electron chi connectivity index (χ2n) is 11.2. The van der Waals surface area contributed by atoms with Crippen LogP contribution in [0.1, 0.15) is 122 Å². The summed E-state index contributed by atoms with van der Waals surface area (Å²) in [6, 6.07) is 0. The van der Waals surface area contributed by atoms with Crippen molar-refractivity contribution >= 4 is 0 Å². The highest BCUT2D eigenvalue weighted by Crippen LogP contribution is 2.38. The zero-order chi connectivity index (χ0) is 21.6. The Hall–Kier alpha value is -0.160. The van der Waals surface area contributed by atoms with Crippen LogP contribution < -0.4 is 0 Å². The van der Waals surface area contributed by atoms with Crippen molar-refractivity contribution in [1.82, 2.24) is 0 Å². The summed E-state index contributed by atoms with van der Waals surface area (Å²) < 4.78 is 0. The van der Waals surface area contributed by atoms with E-state index in [1.165, 1.54) is 19.3 Å². The molecule has 0 N–H and O–H groups in total. The highest BCUT2D eigenvalue weighted by atomic mass is 17.3. The number of hydrogen-bond donors (Lipinski definition) is 0. The molecule has 4 nitrogen and oxygen atoms in total. The van der Waals surface area contributed by atoms with Crippen LogP contribution in [0.15, 0.2) is 0 Å². The van der Waals surface area contributed by atoms with Crippen LogP contribution in [0.3, 0.4) is 0 Å². The van der Waals surface area contributed by atoms with Crippen molar-refractivity contribution in [3.05, 3.63) is 0 Å². The quantitative estimate of drug-likeness (QED) is 0.149. The minimum absolute atomic E-state index is 0.0689. The first-order valence-electron chi connectivity index (χ1n) is 10.7. The molecule has 0 aromatic carbocycles. The van der Waals surface area contributed by atoms with E-state index in [2.05, 4.69) is 48.5 Å². The van der Waals surface area contributed by atoms with Gasteiger partial charge in [-0.25, -0.2) is 9.78 Å². The van der Waals surface area contributed by atoms with Crippen molar-refractivity contribution < 1.29 is 19.6 Å². The molecule has 0 saturated heterocycles. The molecule has 4 heteroatoms. The van der Waals surface area contributed by atoms with Crippen molar-refractivity contribution in [2.24, 2.45) is 10.8 Å².